The molecule has 1 aromatic heterocycles. The minimum atomic E-state index is -0.889. The maximum atomic E-state index is 13.2. The lowest BCUT2D eigenvalue weighted by Gasteiger charge is -2.10. The predicted molar refractivity (Wildman–Crippen MR) is 67.5 cm³/mol. The van der Waals surface area contributed by atoms with E-state index in [1.807, 2.05) is 0 Å². The first-order chi connectivity index (χ1) is 7.58. The Labute approximate surface area is 110 Å². The highest BCUT2D eigenvalue weighted by Crippen LogP contribution is 2.33. The highest BCUT2D eigenvalue weighted by Gasteiger charge is 2.16. The second-order valence-electron chi connectivity index (χ2n) is 3.24. The van der Waals surface area contributed by atoms with Crippen molar-refractivity contribution < 1.29 is 9.50 Å². The molecule has 2 rings (SSSR count). The van der Waals surface area contributed by atoms with Gasteiger partial charge in [-0.15, -0.1) is 11.3 Å². The van der Waals surface area contributed by atoms with Gasteiger partial charge < -0.3 is 5.11 Å². The molecular weight excluding hydrogens is 315 g/mol. The molecule has 1 aromatic carbocycles. The number of halogens is 3. The Morgan fingerprint density at radius 2 is 2.12 bits per heavy atom. The Bertz CT molecular complexity index is 494. The van der Waals surface area contributed by atoms with E-state index in [1.165, 1.54) is 23.5 Å². The van der Waals surface area contributed by atoms with Crippen molar-refractivity contribution in [2.45, 2.75) is 6.10 Å². The van der Waals surface area contributed by atoms with Crippen molar-refractivity contribution in [3.8, 4) is 0 Å². The summed E-state index contributed by atoms with van der Waals surface area (Å²) in [6.45, 7) is 0. The molecule has 1 atom stereocenters. The fourth-order valence-electron chi connectivity index (χ4n) is 1.38. The summed E-state index contributed by atoms with van der Waals surface area (Å²) in [5.74, 6) is -0.392. The minimum absolute atomic E-state index is 0.392. The molecule has 0 saturated heterocycles. The number of rotatable bonds is 2. The van der Waals surface area contributed by atoms with E-state index >= 15 is 0 Å². The van der Waals surface area contributed by atoms with Crippen LogP contribution in [0.2, 0.25) is 5.02 Å². The van der Waals surface area contributed by atoms with Gasteiger partial charge in [0.2, 0.25) is 0 Å². The van der Waals surface area contributed by atoms with Crippen LogP contribution in [0.1, 0.15) is 16.5 Å². The van der Waals surface area contributed by atoms with Crippen LogP contribution >= 0.6 is 38.9 Å². The van der Waals surface area contributed by atoms with Crippen molar-refractivity contribution >= 4 is 38.9 Å². The molecular formula is C11H7BrClFOS. The van der Waals surface area contributed by atoms with Crippen LogP contribution in [0, 0.1) is 5.82 Å². The Morgan fingerprint density at radius 1 is 1.38 bits per heavy atom. The van der Waals surface area contributed by atoms with Gasteiger partial charge in [0.25, 0.3) is 0 Å². The molecule has 5 heteroatoms. The smallest absolute Gasteiger partial charge is 0.124 e. The van der Waals surface area contributed by atoms with E-state index in [4.69, 9.17) is 11.6 Å². The molecule has 0 spiro atoms. The number of aliphatic hydroxyl groups is 1. The molecule has 1 heterocycles. The molecule has 16 heavy (non-hydrogen) atoms. The number of thiophene rings is 1. The van der Waals surface area contributed by atoms with E-state index < -0.39 is 11.9 Å². The molecule has 1 unspecified atom stereocenters. The average molecular weight is 322 g/mol. The van der Waals surface area contributed by atoms with E-state index in [1.54, 1.807) is 17.5 Å². The average Bonchev–Trinajstić information content (AvgIpc) is 2.62. The van der Waals surface area contributed by atoms with E-state index in [2.05, 4.69) is 15.9 Å². The van der Waals surface area contributed by atoms with Crippen molar-refractivity contribution in [3.05, 3.63) is 55.4 Å². The normalized spacial score (nSPS) is 12.8. The molecule has 1 nitrogen and oxygen atoms in total. The third kappa shape index (κ3) is 2.46. The number of hydrogen-bond acceptors (Lipinski definition) is 2. The van der Waals surface area contributed by atoms with Crippen LogP contribution in [0.3, 0.4) is 0 Å². The predicted octanol–water partition coefficient (Wildman–Crippen LogP) is 4.38. The summed E-state index contributed by atoms with van der Waals surface area (Å²) in [5, 5.41) is 12.3. The molecule has 0 aliphatic carbocycles. The molecule has 0 fully saturated rings. The van der Waals surface area contributed by atoms with Crippen LogP contribution in [-0.4, -0.2) is 5.11 Å². The summed E-state index contributed by atoms with van der Waals surface area (Å²) in [5.41, 5.74) is 0.483. The zero-order valence-corrected chi connectivity index (χ0v) is 11.1. The van der Waals surface area contributed by atoms with E-state index in [-0.39, 0.29) is 0 Å². The van der Waals surface area contributed by atoms with Gasteiger partial charge in [-0.25, -0.2) is 4.39 Å². The fourth-order valence-corrected chi connectivity index (χ4v) is 3.04. The molecule has 1 N–H and O–H groups in total. The summed E-state index contributed by atoms with van der Waals surface area (Å²) >= 11 is 10.4. The first kappa shape index (κ1) is 12.0. The van der Waals surface area contributed by atoms with Crippen LogP contribution in [0.5, 0.6) is 0 Å². The largest absolute Gasteiger partial charge is 0.383 e. The number of aliphatic hydroxyl groups excluding tert-OH is 1. The van der Waals surface area contributed by atoms with Crippen LogP contribution < -0.4 is 0 Å². The first-order valence-electron chi connectivity index (χ1n) is 4.45. The van der Waals surface area contributed by atoms with Crippen molar-refractivity contribution in [1.29, 1.82) is 0 Å². The van der Waals surface area contributed by atoms with E-state index in [0.29, 0.717) is 19.9 Å². The number of benzene rings is 1. The van der Waals surface area contributed by atoms with Gasteiger partial charge in [-0.2, -0.15) is 0 Å². The molecule has 0 aliphatic rings. The van der Waals surface area contributed by atoms with Gasteiger partial charge in [-0.1, -0.05) is 27.5 Å². The summed E-state index contributed by atoms with van der Waals surface area (Å²) in [6.07, 6.45) is -0.889. The van der Waals surface area contributed by atoms with Crippen LogP contribution in [0.4, 0.5) is 4.39 Å². The van der Waals surface area contributed by atoms with Crippen LogP contribution in [0.25, 0.3) is 0 Å². The Morgan fingerprint density at radius 3 is 2.69 bits per heavy atom. The summed E-state index contributed by atoms with van der Waals surface area (Å²) in [7, 11) is 0. The van der Waals surface area contributed by atoms with Gasteiger partial charge in [0.1, 0.15) is 11.9 Å². The first-order valence-corrected chi connectivity index (χ1v) is 6.50. The lowest BCUT2D eigenvalue weighted by atomic mass is 10.1. The zero-order chi connectivity index (χ0) is 11.7. The zero-order valence-electron chi connectivity index (χ0n) is 7.95. The quantitative estimate of drug-likeness (QED) is 0.870. The van der Waals surface area contributed by atoms with Crippen LogP contribution in [-0.2, 0) is 0 Å². The molecule has 0 saturated carbocycles. The van der Waals surface area contributed by atoms with Crippen LogP contribution in [0.15, 0.2) is 34.1 Å². The Balaban J connectivity index is 2.41. The maximum Gasteiger partial charge on any atom is 0.124 e. The summed E-state index contributed by atoms with van der Waals surface area (Å²) in [4.78, 5) is 0.624. The fraction of sp³-hybridized carbons (Fsp3) is 0.0909. The summed E-state index contributed by atoms with van der Waals surface area (Å²) < 4.78 is 13.8. The molecule has 2 aromatic rings. The third-order valence-corrected chi connectivity index (χ3v) is 3.96. The highest BCUT2D eigenvalue weighted by atomic mass is 79.9. The third-order valence-electron chi connectivity index (χ3n) is 2.09. The van der Waals surface area contributed by atoms with Crippen molar-refractivity contribution in [2.24, 2.45) is 0 Å². The molecule has 0 bridgehead atoms. The molecule has 84 valence electrons. The monoisotopic (exact) mass is 320 g/mol. The second kappa shape index (κ2) is 4.84. The molecule has 0 radical (unpaired) electrons. The molecule has 0 aliphatic heterocycles. The SMILES string of the molecule is OC(c1cc(F)cc(Br)c1)c1sccc1Cl. The van der Waals surface area contributed by atoms with Gasteiger partial charge in [0.15, 0.2) is 0 Å². The highest BCUT2D eigenvalue weighted by molar-refractivity contribution is 9.10. The van der Waals surface area contributed by atoms with Crippen molar-refractivity contribution in [3.63, 3.8) is 0 Å². The van der Waals surface area contributed by atoms with Gasteiger partial charge in [-0.3, -0.25) is 0 Å². The van der Waals surface area contributed by atoms with Crippen molar-refractivity contribution in [1.82, 2.24) is 0 Å². The lowest BCUT2D eigenvalue weighted by molar-refractivity contribution is 0.223. The maximum absolute atomic E-state index is 13.2. The van der Waals surface area contributed by atoms with E-state index in [0.717, 1.165) is 0 Å². The van der Waals surface area contributed by atoms with Gasteiger partial charge in [0, 0.05) is 4.47 Å². The van der Waals surface area contributed by atoms with E-state index in [9.17, 15) is 9.50 Å². The van der Waals surface area contributed by atoms with Gasteiger partial charge >= 0.3 is 0 Å². The summed E-state index contributed by atoms with van der Waals surface area (Å²) in [6, 6.07) is 6.01. The topological polar surface area (TPSA) is 20.2 Å². The Hall–Kier alpha value is -0.420. The minimum Gasteiger partial charge on any atom is -0.383 e. The standard InChI is InChI=1S/C11H7BrClFOS/c12-7-3-6(4-8(14)5-7)10(15)11-9(13)1-2-16-11/h1-5,10,15H. The number of hydrogen-bond donors (Lipinski definition) is 1. The van der Waals surface area contributed by atoms with Gasteiger partial charge in [0.05, 0.1) is 9.90 Å². The second-order valence-corrected chi connectivity index (χ2v) is 5.51. The Kier molecular flexibility index (Phi) is 3.64. The molecule has 0 amide bonds. The lowest BCUT2D eigenvalue weighted by Crippen LogP contribution is -1.98. The van der Waals surface area contributed by atoms with Gasteiger partial charge in [-0.05, 0) is 35.2 Å². The van der Waals surface area contributed by atoms with Crippen molar-refractivity contribution in [2.75, 3.05) is 0 Å².